The molecule has 2 aromatic heterocycles. The number of aromatic nitrogens is 1. The Morgan fingerprint density at radius 3 is 2.68 bits per heavy atom. The summed E-state index contributed by atoms with van der Waals surface area (Å²) in [4.78, 5) is 36.0. The van der Waals surface area contributed by atoms with Gasteiger partial charge in [0.25, 0.3) is 5.91 Å². The van der Waals surface area contributed by atoms with Gasteiger partial charge < -0.3 is 14.5 Å². The Balaban J connectivity index is 1.88. The smallest absolute Gasteiger partial charge is 0.366 e. The van der Waals surface area contributed by atoms with Crippen LogP contribution in [0.5, 0.6) is 5.75 Å². The Kier molecular flexibility index (Phi) is 6.32. The Bertz CT molecular complexity index is 1010. The number of carbonyl (C=O) groups excluding carboxylic acids is 1. The number of carbonyl (C=O) groups is 1. The third-order valence-electron chi connectivity index (χ3n) is 3.57. The first-order valence-corrected chi connectivity index (χ1v) is 11.7. The number of rotatable bonds is 7. The van der Waals surface area contributed by atoms with Crippen LogP contribution in [0, 0.1) is 0 Å². The largest absolute Gasteiger partial charge is 0.491 e. The Hall–Kier alpha value is -2.03. The average molecular weight is 438 g/mol. The number of hydrogen-bond donors (Lipinski definition) is 3. The summed E-state index contributed by atoms with van der Waals surface area (Å²) >= 11 is 2.39. The van der Waals surface area contributed by atoms with Crippen molar-refractivity contribution in [2.24, 2.45) is 0 Å². The van der Waals surface area contributed by atoms with Crippen molar-refractivity contribution >= 4 is 45.9 Å². The van der Waals surface area contributed by atoms with Crippen LogP contribution in [0.4, 0.5) is 5.13 Å². The number of hydrogen-bond acceptors (Lipinski definition) is 6. The minimum absolute atomic E-state index is 0.0267. The molecular formula is C18H19N2O5PS2. The zero-order valence-electron chi connectivity index (χ0n) is 15.2. The molecule has 1 aromatic carbocycles. The minimum atomic E-state index is -4.26. The molecular weight excluding hydrogens is 419 g/mol. The van der Waals surface area contributed by atoms with Gasteiger partial charge in [-0.05, 0) is 49.7 Å². The van der Waals surface area contributed by atoms with Crippen LogP contribution in [0.25, 0.3) is 0 Å². The molecule has 0 saturated heterocycles. The maximum absolute atomic E-state index is 12.6. The van der Waals surface area contributed by atoms with Gasteiger partial charge in [0.05, 0.1) is 6.10 Å². The van der Waals surface area contributed by atoms with Crippen LogP contribution in [-0.2, 0) is 11.0 Å². The number of nitrogens with zero attached hydrogens (tertiary/aromatic N) is 1. The van der Waals surface area contributed by atoms with E-state index in [2.05, 4.69) is 10.3 Å². The number of amides is 1. The number of benzene rings is 1. The summed E-state index contributed by atoms with van der Waals surface area (Å²) < 4.78 is 17.2. The van der Waals surface area contributed by atoms with E-state index < -0.39 is 7.60 Å². The number of nitrogens with one attached hydrogen (secondary N) is 1. The molecule has 0 unspecified atom stereocenters. The lowest BCUT2D eigenvalue weighted by Crippen LogP contribution is -2.13. The predicted molar refractivity (Wildman–Crippen MR) is 111 cm³/mol. The summed E-state index contributed by atoms with van der Waals surface area (Å²) in [5, 5.41) is 5.02. The van der Waals surface area contributed by atoms with Crippen LogP contribution in [-0.4, -0.2) is 26.8 Å². The van der Waals surface area contributed by atoms with Crippen LogP contribution in [0.3, 0.4) is 0 Å². The van der Waals surface area contributed by atoms with Crippen LogP contribution in [0.15, 0.2) is 41.9 Å². The molecule has 0 atom stereocenters. The van der Waals surface area contributed by atoms with Crippen LogP contribution in [0.1, 0.15) is 34.6 Å². The Labute approximate surface area is 170 Å². The molecule has 2 heterocycles. The van der Waals surface area contributed by atoms with Gasteiger partial charge in [-0.15, -0.1) is 22.7 Å². The molecule has 148 valence electrons. The first kappa shape index (κ1) is 20.7. The SMILES string of the molecule is CC(C)Oc1cc(Cc2ccc(P(=O)(O)O)s2)cc(C(=O)Nc2nccs2)c1. The van der Waals surface area contributed by atoms with Crippen molar-refractivity contribution in [1.82, 2.24) is 4.98 Å². The molecule has 3 rings (SSSR count). The van der Waals surface area contributed by atoms with Crippen molar-refractivity contribution in [1.29, 1.82) is 0 Å². The molecule has 3 N–H and O–H groups in total. The number of anilines is 1. The summed E-state index contributed by atoms with van der Waals surface area (Å²) in [7, 11) is -4.26. The number of thiazole rings is 1. The highest BCUT2D eigenvalue weighted by Gasteiger charge is 2.20. The third-order valence-corrected chi connectivity index (χ3v) is 6.85. The predicted octanol–water partition coefficient (Wildman–Crippen LogP) is 3.64. The second kappa shape index (κ2) is 8.55. The second-order valence-corrected chi connectivity index (χ2v) is 10.2. The van der Waals surface area contributed by atoms with E-state index in [0.29, 0.717) is 22.9 Å². The first-order chi connectivity index (χ1) is 13.2. The zero-order chi connectivity index (χ0) is 20.3. The molecule has 1 amide bonds. The topological polar surface area (TPSA) is 109 Å². The molecule has 0 aliphatic rings. The molecule has 28 heavy (non-hydrogen) atoms. The number of ether oxygens (including phenoxy) is 1. The highest BCUT2D eigenvalue weighted by atomic mass is 32.1. The van der Waals surface area contributed by atoms with Gasteiger partial charge in [0.2, 0.25) is 0 Å². The maximum atomic E-state index is 12.6. The first-order valence-electron chi connectivity index (χ1n) is 8.37. The Morgan fingerprint density at radius 1 is 1.29 bits per heavy atom. The van der Waals surface area contributed by atoms with Crippen LogP contribution >= 0.6 is 30.3 Å². The molecule has 0 fully saturated rings. The van der Waals surface area contributed by atoms with Crippen LogP contribution < -0.4 is 14.7 Å². The van der Waals surface area contributed by atoms with Crippen molar-refractivity contribution in [2.75, 3.05) is 5.32 Å². The molecule has 0 radical (unpaired) electrons. The van der Waals surface area contributed by atoms with Gasteiger partial charge in [0.1, 0.15) is 10.4 Å². The van der Waals surface area contributed by atoms with E-state index in [4.69, 9.17) is 4.74 Å². The minimum Gasteiger partial charge on any atom is -0.491 e. The standard InChI is InChI=1S/C18H19N2O5PS2/c1-11(2)25-14-8-12(9-15-3-4-16(28-15)26(22,23)24)7-13(10-14)17(21)20-18-19-5-6-27-18/h3-8,10-11H,9H2,1-2H3,(H,19,20,21)(H2,22,23,24). The van der Waals surface area contributed by atoms with E-state index >= 15 is 0 Å². The fraction of sp³-hybridized carbons (Fsp3) is 0.222. The Morgan fingerprint density at radius 2 is 2.07 bits per heavy atom. The highest BCUT2D eigenvalue weighted by molar-refractivity contribution is 7.67. The maximum Gasteiger partial charge on any atom is 0.366 e. The lowest BCUT2D eigenvalue weighted by Gasteiger charge is -2.13. The van der Waals surface area contributed by atoms with E-state index in [1.54, 1.807) is 29.8 Å². The molecule has 3 aromatic rings. The van der Waals surface area contributed by atoms with Crippen LogP contribution in [0.2, 0.25) is 0 Å². The van der Waals surface area contributed by atoms with Gasteiger partial charge >= 0.3 is 7.60 Å². The van der Waals surface area contributed by atoms with Gasteiger partial charge in [-0.25, -0.2) is 4.98 Å². The summed E-state index contributed by atoms with van der Waals surface area (Å²) in [5.41, 5.74) is 1.23. The fourth-order valence-corrected chi connectivity index (χ4v) is 4.91. The highest BCUT2D eigenvalue weighted by Crippen LogP contribution is 2.36. The monoisotopic (exact) mass is 438 g/mol. The lowest BCUT2D eigenvalue weighted by molar-refractivity contribution is 0.102. The van der Waals surface area contributed by atoms with Crippen molar-refractivity contribution < 1.29 is 23.9 Å². The van der Waals surface area contributed by atoms with E-state index in [1.165, 1.54) is 17.4 Å². The molecule has 0 bridgehead atoms. The molecule has 10 heteroatoms. The summed E-state index contributed by atoms with van der Waals surface area (Å²) in [6.45, 7) is 3.79. The van der Waals surface area contributed by atoms with E-state index in [0.717, 1.165) is 21.8 Å². The fourth-order valence-electron chi connectivity index (χ4n) is 2.51. The normalized spacial score (nSPS) is 11.6. The summed E-state index contributed by atoms with van der Waals surface area (Å²) in [6.07, 6.45) is 1.98. The molecule has 0 aliphatic carbocycles. The second-order valence-electron chi connectivity index (χ2n) is 6.28. The van der Waals surface area contributed by atoms with Gasteiger partial charge in [-0.2, -0.15) is 0 Å². The molecule has 0 aliphatic heterocycles. The quantitative estimate of drug-likeness (QED) is 0.486. The van der Waals surface area contributed by atoms with Crippen molar-refractivity contribution in [3.05, 3.63) is 57.9 Å². The number of thiophene rings is 1. The van der Waals surface area contributed by atoms with Gasteiger partial charge in [-0.1, -0.05) is 0 Å². The molecule has 0 saturated carbocycles. The summed E-state index contributed by atoms with van der Waals surface area (Å²) in [6, 6.07) is 8.36. The van der Waals surface area contributed by atoms with Gasteiger partial charge in [-0.3, -0.25) is 14.7 Å². The van der Waals surface area contributed by atoms with Gasteiger partial charge in [0, 0.05) is 28.4 Å². The van der Waals surface area contributed by atoms with Gasteiger partial charge in [0.15, 0.2) is 5.13 Å². The average Bonchev–Trinajstić information content (AvgIpc) is 3.25. The van der Waals surface area contributed by atoms with E-state index in [1.807, 2.05) is 19.9 Å². The third kappa shape index (κ3) is 5.50. The zero-order valence-corrected chi connectivity index (χ0v) is 17.7. The molecule has 7 nitrogen and oxygen atoms in total. The molecule has 0 spiro atoms. The lowest BCUT2D eigenvalue weighted by atomic mass is 10.1. The van der Waals surface area contributed by atoms with E-state index in [9.17, 15) is 19.1 Å². The van der Waals surface area contributed by atoms with E-state index in [-0.39, 0.29) is 16.6 Å². The van der Waals surface area contributed by atoms with Crippen molar-refractivity contribution in [2.45, 2.75) is 26.4 Å². The van der Waals surface area contributed by atoms with Crippen molar-refractivity contribution in [3.8, 4) is 5.75 Å². The van der Waals surface area contributed by atoms with Crippen molar-refractivity contribution in [3.63, 3.8) is 0 Å². The summed E-state index contributed by atoms with van der Waals surface area (Å²) in [5.74, 6) is 0.260.